The van der Waals surface area contributed by atoms with Crippen molar-refractivity contribution in [3.8, 4) is 153 Å². The molecular formula is C135H84N12O3. The molecular weight excluding hydrogens is 1840 g/mol. The van der Waals surface area contributed by atoms with E-state index in [9.17, 15) is 0 Å². The van der Waals surface area contributed by atoms with Crippen molar-refractivity contribution in [2.45, 2.75) is 0 Å². The second-order valence-electron chi connectivity index (χ2n) is 37.3. The third-order valence-corrected chi connectivity index (χ3v) is 28.4. The largest absolute Gasteiger partial charge is 0.455 e. The first-order valence-electron chi connectivity index (χ1n) is 50.1. The highest BCUT2D eigenvalue weighted by atomic mass is 16.3. The summed E-state index contributed by atoms with van der Waals surface area (Å²) in [7, 11) is 0. The van der Waals surface area contributed by atoms with Gasteiger partial charge in [-0.25, -0.2) is 44.9 Å². The lowest BCUT2D eigenvalue weighted by atomic mass is 9.97. The molecule has 0 N–H and O–H groups in total. The van der Waals surface area contributed by atoms with Crippen molar-refractivity contribution in [1.82, 2.24) is 58.6 Å². The molecule has 0 bridgehead atoms. The molecule has 9 heterocycles. The Bertz CT molecular complexity index is 10100. The van der Waals surface area contributed by atoms with E-state index in [1.165, 1.54) is 65.4 Å². The number of nitrogens with zero attached hydrogens (tertiary/aromatic N) is 12. The van der Waals surface area contributed by atoms with Crippen LogP contribution < -0.4 is 0 Å². The number of aromatic nitrogens is 12. The molecule has 30 rings (SSSR count). The van der Waals surface area contributed by atoms with E-state index in [1.807, 2.05) is 212 Å². The number of rotatable bonds is 15. The first kappa shape index (κ1) is 87.3. The van der Waals surface area contributed by atoms with Crippen LogP contribution in [0, 0.1) is 0 Å². The molecule has 0 unspecified atom stereocenters. The molecule has 21 aromatic carbocycles. The van der Waals surface area contributed by atoms with Crippen LogP contribution in [0.2, 0.25) is 0 Å². The Hall–Kier alpha value is -20.6. The third kappa shape index (κ3) is 15.6. The summed E-state index contributed by atoms with van der Waals surface area (Å²) in [4.78, 5) is 44.6. The average Bonchev–Trinajstić information content (AvgIpc) is 1.58. The number of benzene rings is 21. The summed E-state index contributed by atoms with van der Waals surface area (Å²) in [6.45, 7) is 0. The number of furan rings is 3. The van der Waals surface area contributed by atoms with Crippen LogP contribution in [-0.4, -0.2) is 58.6 Å². The zero-order valence-electron chi connectivity index (χ0n) is 80.6. The predicted octanol–water partition coefficient (Wildman–Crippen LogP) is 34.6. The van der Waals surface area contributed by atoms with Gasteiger partial charge in [-0.3, -0.25) is 0 Å². The van der Waals surface area contributed by atoms with E-state index in [4.69, 9.17) is 58.1 Å². The lowest BCUT2D eigenvalue weighted by Crippen LogP contribution is -2.00. The van der Waals surface area contributed by atoms with Gasteiger partial charge in [0.1, 0.15) is 33.5 Å². The van der Waals surface area contributed by atoms with Gasteiger partial charge in [-0.1, -0.05) is 370 Å². The Morgan fingerprint density at radius 1 is 0.133 bits per heavy atom. The van der Waals surface area contributed by atoms with E-state index in [0.29, 0.717) is 52.4 Å². The van der Waals surface area contributed by atoms with Crippen molar-refractivity contribution in [1.29, 1.82) is 0 Å². The highest BCUT2D eigenvalue weighted by molar-refractivity contribution is 6.19. The molecule has 0 saturated carbocycles. The monoisotopic (exact) mass is 1920 g/mol. The van der Waals surface area contributed by atoms with Crippen molar-refractivity contribution in [3.05, 3.63) is 510 Å². The average molecular weight is 1920 g/mol. The van der Waals surface area contributed by atoms with Crippen LogP contribution in [0.1, 0.15) is 0 Å². The number of hydrogen-bond donors (Lipinski definition) is 0. The van der Waals surface area contributed by atoms with Crippen LogP contribution in [0.3, 0.4) is 0 Å². The Balaban J connectivity index is 0.000000108. The molecule has 15 heteroatoms. The fraction of sp³-hybridized carbons (Fsp3) is 0. The molecule has 702 valence electrons. The van der Waals surface area contributed by atoms with Gasteiger partial charge in [-0.05, 0) is 173 Å². The van der Waals surface area contributed by atoms with Crippen LogP contribution in [0.15, 0.2) is 523 Å². The lowest BCUT2D eigenvalue weighted by molar-refractivity contribution is 0.669. The molecule has 0 atom stereocenters. The Morgan fingerprint density at radius 2 is 0.387 bits per heavy atom. The minimum Gasteiger partial charge on any atom is -0.455 e. The molecule has 0 aliphatic rings. The summed E-state index contributed by atoms with van der Waals surface area (Å²) in [5, 5.41) is 13.5. The van der Waals surface area contributed by atoms with E-state index in [-0.39, 0.29) is 0 Å². The molecule has 0 aliphatic heterocycles. The third-order valence-electron chi connectivity index (χ3n) is 28.4. The SMILES string of the molecule is c1ccc(-c2nc(-c3ccccc3)nc(-c3cccc4c3oc3cc(-c5ccc6c(c5)c5ccccc5n6-c5ccccc5)ccc34)n2)cc1.c1ccc(-c2nc(-c3ccccc3)nc(-c3cccc4c3oc3ccc(-c5ccc6c(c5)c5ccccc5n6-c5ccccc5)cc34)n2)cc1.c1ccc(-c2nc(-c3ccccc3)nc(-c3cccc4c3oc3cccc(-c5ccc6c(c5)c5ccccc5n6-c5ccccc5)c34)n2)cc1. The van der Waals surface area contributed by atoms with Gasteiger partial charge in [0.2, 0.25) is 0 Å². The smallest absolute Gasteiger partial charge is 0.167 e. The van der Waals surface area contributed by atoms with Gasteiger partial charge in [0.15, 0.2) is 52.4 Å². The van der Waals surface area contributed by atoms with Gasteiger partial charge in [0, 0.05) is 115 Å². The van der Waals surface area contributed by atoms with E-state index in [0.717, 1.165) is 166 Å². The van der Waals surface area contributed by atoms with Crippen molar-refractivity contribution in [3.63, 3.8) is 0 Å². The van der Waals surface area contributed by atoms with Crippen LogP contribution in [0.25, 0.3) is 284 Å². The first-order valence-corrected chi connectivity index (χ1v) is 50.1. The Labute approximate surface area is 859 Å². The molecule has 0 amide bonds. The second kappa shape index (κ2) is 37.0. The number of fused-ring (bicyclic) bond motifs is 18. The Kier molecular flexibility index (Phi) is 21.5. The van der Waals surface area contributed by atoms with Gasteiger partial charge < -0.3 is 27.0 Å². The predicted molar refractivity (Wildman–Crippen MR) is 610 cm³/mol. The summed E-state index contributed by atoms with van der Waals surface area (Å²) in [5.74, 6) is 5.42. The summed E-state index contributed by atoms with van der Waals surface area (Å²) >= 11 is 0. The molecule has 9 aromatic heterocycles. The zero-order chi connectivity index (χ0) is 99.1. The number of hydrogen-bond acceptors (Lipinski definition) is 12. The molecule has 0 spiro atoms. The normalized spacial score (nSPS) is 11.6. The molecule has 0 aliphatic carbocycles. The summed E-state index contributed by atoms with van der Waals surface area (Å²) < 4.78 is 27.0. The van der Waals surface area contributed by atoms with Gasteiger partial charge in [-0.15, -0.1) is 0 Å². The molecule has 30 aromatic rings. The fourth-order valence-electron chi connectivity index (χ4n) is 21.4. The Morgan fingerprint density at radius 3 is 0.767 bits per heavy atom. The van der Waals surface area contributed by atoms with Crippen molar-refractivity contribution >= 4 is 131 Å². The molecule has 0 fully saturated rings. The van der Waals surface area contributed by atoms with Gasteiger partial charge in [0.25, 0.3) is 0 Å². The van der Waals surface area contributed by atoms with Crippen molar-refractivity contribution in [2.75, 3.05) is 0 Å². The summed E-state index contributed by atoms with van der Waals surface area (Å²) in [5.41, 5.74) is 30.1. The van der Waals surface area contributed by atoms with Crippen LogP contribution in [0.5, 0.6) is 0 Å². The van der Waals surface area contributed by atoms with Crippen LogP contribution in [0.4, 0.5) is 0 Å². The van der Waals surface area contributed by atoms with Gasteiger partial charge in [0.05, 0.1) is 49.8 Å². The minimum absolute atomic E-state index is 0.569. The van der Waals surface area contributed by atoms with Crippen molar-refractivity contribution < 1.29 is 13.3 Å². The van der Waals surface area contributed by atoms with Gasteiger partial charge >= 0.3 is 0 Å². The minimum atomic E-state index is 0.569. The fourth-order valence-corrected chi connectivity index (χ4v) is 21.4. The maximum Gasteiger partial charge on any atom is 0.167 e. The maximum atomic E-state index is 6.71. The highest BCUT2D eigenvalue weighted by Crippen LogP contribution is 2.47. The van der Waals surface area contributed by atoms with Gasteiger partial charge in [-0.2, -0.15) is 0 Å². The molecule has 15 nitrogen and oxygen atoms in total. The summed E-state index contributed by atoms with van der Waals surface area (Å²) in [6.07, 6.45) is 0. The highest BCUT2D eigenvalue weighted by Gasteiger charge is 2.27. The molecule has 0 saturated heterocycles. The van der Waals surface area contributed by atoms with E-state index in [2.05, 4.69) is 311 Å². The van der Waals surface area contributed by atoms with E-state index < -0.39 is 0 Å². The molecule has 150 heavy (non-hydrogen) atoms. The second-order valence-corrected chi connectivity index (χ2v) is 37.3. The van der Waals surface area contributed by atoms with Crippen molar-refractivity contribution in [2.24, 2.45) is 0 Å². The number of para-hydroxylation sites is 9. The lowest BCUT2D eigenvalue weighted by Gasteiger charge is -2.09. The quantitative estimate of drug-likeness (QED) is 0.0953. The summed E-state index contributed by atoms with van der Waals surface area (Å²) in [6, 6.07) is 176. The van der Waals surface area contributed by atoms with Crippen LogP contribution >= 0.6 is 0 Å². The van der Waals surface area contributed by atoms with Crippen LogP contribution in [-0.2, 0) is 0 Å². The first-order chi connectivity index (χ1) is 74.4. The molecule has 0 radical (unpaired) electrons. The van der Waals surface area contributed by atoms with E-state index in [1.54, 1.807) is 0 Å². The van der Waals surface area contributed by atoms with E-state index >= 15 is 0 Å². The topological polar surface area (TPSA) is 170 Å². The maximum absolute atomic E-state index is 6.71. The standard InChI is InChI=1S/3C45H28N4O/c1-4-14-29(15-5-1)43-46-44(30-16-6-2-7-17-30)48-45(47-43)36-23-12-22-35-41-33(21-13-25-40(41)50-42(35)36)31-26-27-39-37(28-31)34-20-10-11-24-38(34)49(39)32-18-8-3-9-19-32;1-4-13-29(14-5-1)43-46-44(30-15-6-2-7-16-30)48-45(47-43)37-21-12-20-36-35-25-23-32(28-41(35)50-42(36)37)31-24-26-40-38(27-31)34-19-10-11-22-39(34)49(40)33-17-8-3-9-18-33;1-4-13-29(14-5-1)43-46-44(30-15-6-2-7-16-30)48-45(47-43)36-21-12-20-35-38-28-32(24-26-41(38)50-42(35)36)31-23-25-40-37(27-31)34-19-10-11-22-39(34)49(40)33-17-8-3-9-18-33/h3*1-28H. The zero-order valence-corrected chi connectivity index (χ0v) is 80.6.